The van der Waals surface area contributed by atoms with Crippen molar-refractivity contribution >= 4 is 17.5 Å². The smallest absolute Gasteiger partial charge is 0.435 e. The molecule has 0 unspecified atom stereocenters. The molecule has 0 aliphatic rings. The predicted molar refractivity (Wildman–Crippen MR) is 104 cm³/mol. The Kier molecular flexibility index (Phi) is 6.35. The highest BCUT2D eigenvalue weighted by atomic mass is 35.5. The number of amides is 1. The summed E-state index contributed by atoms with van der Waals surface area (Å²) in [6, 6.07) is 8.89. The molecule has 1 amide bonds. The molecule has 11 heteroatoms. The molecule has 0 fully saturated rings. The van der Waals surface area contributed by atoms with E-state index in [1.807, 2.05) is 19.9 Å². The summed E-state index contributed by atoms with van der Waals surface area (Å²) in [5.41, 5.74) is 0.883. The van der Waals surface area contributed by atoms with Gasteiger partial charge < -0.3 is 10.1 Å². The minimum absolute atomic E-state index is 0.188. The standard InChI is InChI=1S/C19H19ClF3N5O2/c1-12-9-13(2)27(25-12)8-7-24-17(29)11-30-18-10-16(19(21,22)23)26-28(18)15-6-4-3-5-14(15)20/h3-6,9-10H,7-8,11H2,1-2H3,(H,24,29). The number of nitrogens with zero attached hydrogens (tertiary/aromatic N) is 4. The molecule has 0 aliphatic carbocycles. The van der Waals surface area contributed by atoms with E-state index in [1.54, 1.807) is 16.8 Å². The van der Waals surface area contributed by atoms with Crippen LogP contribution in [0.1, 0.15) is 17.1 Å². The van der Waals surface area contributed by atoms with E-state index in [2.05, 4.69) is 15.5 Å². The van der Waals surface area contributed by atoms with Gasteiger partial charge in [-0.15, -0.1) is 0 Å². The number of alkyl halides is 3. The van der Waals surface area contributed by atoms with Gasteiger partial charge in [0.2, 0.25) is 5.88 Å². The molecule has 30 heavy (non-hydrogen) atoms. The molecule has 0 saturated heterocycles. The molecule has 0 spiro atoms. The van der Waals surface area contributed by atoms with Crippen molar-refractivity contribution < 1.29 is 22.7 Å². The first-order valence-electron chi connectivity index (χ1n) is 8.98. The average Bonchev–Trinajstić information content (AvgIpc) is 3.23. The molecule has 0 aliphatic heterocycles. The minimum Gasteiger partial charge on any atom is -0.467 e. The fourth-order valence-corrected chi connectivity index (χ4v) is 3.01. The van der Waals surface area contributed by atoms with Crippen LogP contribution in [0.15, 0.2) is 36.4 Å². The minimum atomic E-state index is -4.67. The first-order valence-corrected chi connectivity index (χ1v) is 9.35. The van der Waals surface area contributed by atoms with Gasteiger partial charge in [-0.3, -0.25) is 9.48 Å². The lowest BCUT2D eigenvalue weighted by molar-refractivity contribution is -0.141. The Morgan fingerprint density at radius 2 is 1.93 bits per heavy atom. The second-order valence-corrected chi connectivity index (χ2v) is 6.92. The molecule has 3 aromatic rings. The van der Waals surface area contributed by atoms with Gasteiger partial charge in [-0.2, -0.15) is 28.1 Å². The lowest BCUT2D eigenvalue weighted by Gasteiger charge is -2.11. The molecule has 3 rings (SSSR count). The van der Waals surface area contributed by atoms with Gasteiger partial charge in [-0.05, 0) is 32.0 Å². The first kappa shape index (κ1) is 21.7. The molecular weight excluding hydrogens is 423 g/mol. The number of hydrogen-bond donors (Lipinski definition) is 1. The topological polar surface area (TPSA) is 74.0 Å². The Bertz CT molecular complexity index is 1050. The lowest BCUT2D eigenvalue weighted by Crippen LogP contribution is -2.32. The second kappa shape index (κ2) is 8.78. The monoisotopic (exact) mass is 441 g/mol. The maximum atomic E-state index is 13.1. The molecule has 160 valence electrons. The van der Waals surface area contributed by atoms with E-state index >= 15 is 0 Å². The van der Waals surface area contributed by atoms with Gasteiger partial charge in [-0.1, -0.05) is 23.7 Å². The van der Waals surface area contributed by atoms with Gasteiger partial charge in [0.15, 0.2) is 12.3 Å². The predicted octanol–water partition coefficient (Wildman–Crippen LogP) is 3.55. The van der Waals surface area contributed by atoms with Gasteiger partial charge in [0.1, 0.15) is 0 Å². The number of nitrogens with one attached hydrogen (secondary N) is 1. The van der Waals surface area contributed by atoms with Crippen LogP contribution in [-0.4, -0.2) is 38.6 Å². The number of carbonyl (C=O) groups excluding carboxylic acids is 1. The summed E-state index contributed by atoms with van der Waals surface area (Å²) in [6.45, 7) is 4.04. The van der Waals surface area contributed by atoms with Crippen LogP contribution in [0.2, 0.25) is 5.02 Å². The Hall–Kier alpha value is -3.01. The zero-order valence-corrected chi connectivity index (χ0v) is 17.0. The first-order chi connectivity index (χ1) is 14.1. The molecule has 2 aromatic heterocycles. The van der Waals surface area contributed by atoms with Crippen molar-refractivity contribution in [1.29, 1.82) is 0 Å². The SMILES string of the molecule is Cc1cc(C)n(CCNC(=O)COc2cc(C(F)(F)F)nn2-c2ccccc2Cl)n1. The van der Waals surface area contributed by atoms with E-state index in [9.17, 15) is 18.0 Å². The number of halogens is 4. The number of carbonyl (C=O) groups is 1. The summed E-state index contributed by atoms with van der Waals surface area (Å²) in [7, 11) is 0. The Balaban J connectivity index is 1.66. The van der Waals surface area contributed by atoms with Crippen LogP contribution in [0.4, 0.5) is 13.2 Å². The van der Waals surface area contributed by atoms with Crippen LogP contribution < -0.4 is 10.1 Å². The maximum Gasteiger partial charge on any atom is 0.435 e. The third-order valence-corrected chi connectivity index (χ3v) is 4.47. The van der Waals surface area contributed by atoms with Crippen molar-refractivity contribution in [3.8, 4) is 11.6 Å². The van der Waals surface area contributed by atoms with Crippen LogP contribution in [0, 0.1) is 13.8 Å². The van der Waals surface area contributed by atoms with Crippen molar-refractivity contribution in [3.05, 3.63) is 58.5 Å². The third kappa shape index (κ3) is 5.12. The Morgan fingerprint density at radius 1 is 1.20 bits per heavy atom. The fourth-order valence-electron chi connectivity index (χ4n) is 2.79. The van der Waals surface area contributed by atoms with Gasteiger partial charge >= 0.3 is 6.18 Å². The quantitative estimate of drug-likeness (QED) is 0.608. The van der Waals surface area contributed by atoms with Crippen LogP contribution in [0.25, 0.3) is 5.69 Å². The van der Waals surface area contributed by atoms with Crippen LogP contribution in [-0.2, 0) is 17.5 Å². The molecule has 0 radical (unpaired) electrons. The van der Waals surface area contributed by atoms with Crippen molar-refractivity contribution in [2.45, 2.75) is 26.6 Å². The van der Waals surface area contributed by atoms with Crippen molar-refractivity contribution in [2.24, 2.45) is 0 Å². The van der Waals surface area contributed by atoms with Crippen molar-refractivity contribution in [2.75, 3.05) is 13.2 Å². The summed E-state index contributed by atoms with van der Waals surface area (Å²) in [6.07, 6.45) is -4.67. The molecule has 0 saturated carbocycles. The molecule has 0 atom stereocenters. The summed E-state index contributed by atoms with van der Waals surface area (Å²) < 4.78 is 47.3. The number of para-hydroxylation sites is 1. The molecular formula is C19H19ClF3N5O2. The number of benzene rings is 1. The lowest BCUT2D eigenvalue weighted by atomic mass is 10.3. The Morgan fingerprint density at radius 3 is 2.57 bits per heavy atom. The summed E-state index contributed by atoms with van der Waals surface area (Å²) >= 11 is 6.07. The maximum absolute atomic E-state index is 13.1. The van der Waals surface area contributed by atoms with Crippen LogP contribution in [0.3, 0.4) is 0 Å². The molecule has 7 nitrogen and oxygen atoms in total. The van der Waals surface area contributed by atoms with Crippen LogP contribution in [0.5, 0.6) is 5.88 Å². The van der Waals surface area contributed by atoms with Gasteiger partial charge in [0, 0.05) is 18.3 Å². The summed E-state index contributed by atoms with van der Waals surface area (Å²) in [5.74, 6) is -0.735. The largest absolute Gasteiger partial charge is 0.467 e. The highest BCUT2D eigenvalue weighted by Gasteiger charge is 2.36. The highest BCUT2D eigenvalue weighted by molar-refractivity contribution is 6.32. The highest BCUT2D eigenvalue weighted by Crippen LogP contribution is 2.33. The molecule has 0 bridgehead atoms. The molecule has 1 N–H and O–H groups in total. The molecule has 2 heterocycles. The van der Waals surface area contributed by atoms with E-state index < -0.39 is 24.4 Å². The third-order valence-electron chi connectivity index (χ3n) is 4.15. The van der Waals surface area contributed by atoms with Crippen molar-refractivity contribution in [1.82, 2.24) is 24.9 Å². The summed E-state index contributed by atoms with van der Waals surface area (Å²) in [4.78, 5) is 12.1. The second-order valence-electron chi connectivity index (χ2n) is 6.52. The number of aryl methyl sites for hydroxylation is 2. The van der Waals surface area contributed by atoms with Gasteiger partial charge in [0.05, 0.1) is 22.9 Å². The zero-order valence-electron chi connectivity index (χ0n) is 16.2. The van der Waals surface area contributed by atoms with Gasteiger partial charge in [0.25, 0.3) is 5.91 Å². The van der Waals surface area contributed by atoms with Gasteiger partial charge in [-0.25, -0.2) is 0 Å². The molecule has 1 aromatic carbocycles. The van der Waals surface area contributed by atoms with E-state index in [4.69, 9.17) is 16.3 Å². The van der Waals surface area contributed by atoms with Crippen molar-refractivity contribution in [3.63, 3.8) is 0 Å². The Labute approximate surface area is 175 Å². The summed E-state index contributed by atoms with van der Waals surface area (Å²) in [5, 5.41) is 10.7. The normalized spacial score (nSPS) is 11.5. The average molecular weight is 442 g/mol. The van der Waals surface area contributed by atoms with E-state index in [-0.39, 0.29) is 16.6 Å². The van der Waals surface area contributed by atoms with E-state index in [0.29, 0.717) is 13.1 Å². The number of hydrogen-bond acceptors (Lipinski definition) is 4. The van der Waals surface area contributed by atoms with Crippen LogP contribution >= 0.6 is 11.6 Å². The number of aromatic nitrogens is 4. The zero-order chi connectivity index (χ0) is 21.9. The number of ether oxygens (including phenoxy) is 1. The van der Waals surface area contributed by atoms with E-state index in [1.165, 1.54) is 12.1 Å². The fraction of sp³-hybridized carbons (Fsp3) is 0.316. The van der Waals surface area contributed by atoms with E-state index in [0.717, 1.165) is 22.1 Å². The number of rotatable bonds is 7.